The molecular formula is C8H19N3. The molecule has 1 aliphatic heterocycles. The van der Waals surface area contributed by atoms with Gasteiger partial charge in [0, 0.05) is 18.6 Å². The zero-order valence-electron chi connectivity index (χ0n) is 7.34. The highest BCUT2D eigenvalue weighted by Gasteiger charge is 2.29. The average molecular weight is 157 g/mol. The van der Waals surface area contributed by atoms with E-state index in [1.165, 1.54) is 13.0 Å². The lowest BCUT2D eigenvalue weighted by Gasteiger charge is -2.39. The molecule has 0 aromatic rings. The molecule has 0 spiro atoms. The van der Waals surface area contributed by atoms with Gasteiger partial charge < -0.3 is 16.4 Å². The fourth-order valence-electron chi connectivity index (χ4n) is 1.69. The molecule has 1 atom stereocenters. The highest BCUT2D eigenvalue weighted by Crippen LogP contribution is 2.16. The van der Waals surface area contributed by atoms with Crippen molar-refractivity contribution in [2.75, 3.05) is 26.2 Å². The summed E-state index contributed by atoms with van der Waals surface area (Å²) in [6, 6.07) is 0. The Balaban J connectivity index is 2.44. The zero-order valence-corrected chi connectivity index (χ0v) is 7.34. The van der Waals surface area contributed by atoms with E-state index in [1.54, 1.807) is 0 Å². The first-order valence-corrected chi connectivity index (χ1v) is 4.41. The molecule has 0 aliphatic carbocycles. The topological polar surface area (TPSA) is 55.3 Å². The van der Waals surface area contributed by atoms with Gasteiger partial charge in [0.05, 0.1) is 0 Å². The van der Waals surface area contributed by atoms with Crippen molar-refractivity contribution in [3.8, 4) is 0 Å². The Morgan fingerprint density at radius 3 is 2.82 bits per heavy atom. The Morgan fingerprint density at radius 1 is 1.55 bits per heavy atom. The number of likely N-dealkylation sites (N-methyl/N-ethyl adjacent to an activating group) is 1. The molecule has 1 fully saturated rings. The van der Waals surface area contributed by atoms with Crippen molar-refractivity contribution in [2.45, 2.75) is 25.3 Å². The minimum Gasteiger partial charge on any atom is -0.329 e. The van der Waals surface area contributed by atoms with E-state index in [9.17, 15) is 0 Å². The molecule has 1 heterocycles. The summed E-state index contributed by atoms with van der Waals surface area (Å²) in [4.78, 5) is 2.37. The van der Waals surface area contributed by atoms with Crippen molar-refractivity contribution < 1.29 is 0 Å². The molecule has 1 saturated heterocycles. The van der Waals surface area contributed by atoms with Crippen molar-refractivity contribution in [3.05, 3.63) is 0 Å². The second-order valence-electron chi connectivity index (χ2n) is 3.54. The Bertz CT molecular complexity index is 127. The number of likely N-dealkylation sites (tertiary alicyclic amines) is 1. The molecule has 66 valence electrons. The fraction of sp³-hybridized carbons (Fsp3) is 1.00. The Hall–Kier alpha value is -0.120. The second kappa shape index (κ2) is 3.52. The van der Waals surface area contributed by atoms with Crippen molar-refractivity contribution in [1.82, 2.24) is 4.90 Å². The smallest absolute Gasteiger partial charge is 0.0408 e. The second-order valence-corrected chi connectivity index (χ2v) is 3.54. The quantitative estimate of drug-likeness (QED) is 0.581. The molecule has 0 saturated carbocycles. The van der Waals surface area contributed by atoms with Gasteiger partial charge >= 0.3 is 0 Å². The highest BCUT2D eigenvalue weighted by atomic mass is 15.2. The SMILES string of the molecule is CCN1CCC[C@](N)(CN)C1. The first kappa shape index (κ1) is 8.97. The van der Waals surface area contributed by atoms with Gasteiger partial charge in [0.15, 0.2) is 0 Å². The molecule has 0 aromatic heterocycles. The maximum atomic E-state index is 6.06. The maximum Gasteiger partial charge on any atom is 0.0408 e. The van der Waals surface area contributed by atoms with Gasteiger partial charge in [-0.05, 0) is 25.9 Å². The van der Waals surface area contributed by atoms with Gasteiger partial charge in [-0.15, -0.1) is 0 Å². The molecule has 0 bridgehead atoms. The number of hydrogen-bond donors (Lipinski definition) is 2. The summed E-state index contributed by atoms with van der Waals surface area (Å²) in [5, 5.41) is 0. The summed E-state index contributed by atoms with van der Waals surface area (Å²) in [5.74, 6) is 0. The predicted octanol–water partition coefficient (Wildman–Crippen LogP) is -0.242. The third-order valence-electron chi connectivity index (χ3n) is 2.54. The van der Waals surface area contributed by atoms with Crippen LogP contribution in [0.25, 0.3) is 0 Å². The van der Waals surface area contributed by atoms with E-state index in [4.69, 9.17) is 11.5 Å². The van der Waals surface area contributed by atoms with E-state index >= 15 is 0 Å². The maximum absolute atomic E-state index is 6.06. The van der Waals surface area contributed by atoms with Crippen LogP contribution in [0.1, 0.15) is 19.8 Å². The van der Waals surface area contributed by atoms with Gasteiger partial charge in [0.1, 0.15) is 0 Å². The van der Waals surface area contributed by atoms with Crippen molar-refractivity contribution >= 4 is 0 Å². The summed E-state index contributed by atoms with van der Waals surface area (Å²) >= 11 is 0. The van der Waals surface area contributed by atoms with Crippen molar-refractivity contribution in [2.24, 2.45) is 11.5 Å². The molecule has 4 N–H and O–H groups in total. The van der Waals surface area contributed by atoms with Crippen LogP contribution >= 0.6 is 0 Å². The van der Waals surface area contributed by atoms with E-state index in [-0.39, 0.29) is 5.54 Å². The summed E-state index contributed by atoms with van der Waals surface area (Å²) in [7, 11) is 0. The van der Waals surface area contributed by atoms with Crippen LogP contribution in [0.3, 0.4) is 0 Å². The molecule has 0 amide bonds. The van der Waals surface area contributed by atoms with Gasteiger partial charge in [-0.3, -0.25) is 0 Å². The van der Waals surface area contributed by atoms with Crippen molar-refractivity contribution in [3.63, 3.8) is 0 Å². The van der Waals surface area contributed by atoms with Crippen LogP contribution in [-0.4, -0.2) is 36.6 Å². The molecule has 3 nitrogen and oxygen atoms in total. The van der Waals surface area contributed by atoms with Crippen LogP contribution in [0.4, 0.5) is 0 Å². The molecule has 1 rings (SSSR count). The average Bonchev–Trinajstić information content (AvgIpc) is 2.05. The lowest BCUT2D eigenvalue weighted by atomic mass is 9.90. The third-order valence-corrected chi connectivity index (χ3v) is 2.54. The van der Waals surface area contributed by atoms with Gasteiger partial charge in [0.2, 0.25) is 0 Å². The van der Waals surface area contributed by atoms with E-state index in [0.29, 0.717) is 6.54 Å². The Labute approximate surface area is 68.7 Å². The summed E-state index contributed by atoms with van der Waals surface area (Å²) in [5.41, 5.74) is 11.6. The van der Waals surface area contributed by atoms with Gasteiger partial charge in [0.25, 0.3) is 0 Å². The summed E-state index contributed by atoms with van der Waals surface area (Å²) in [6.07, 6.45) is 2.28. The van der Waals surface area contributed by atoms with Gasteiger partial charge in [-0.1, -0.05) is 6.92 Å². The molecule has 3 heteroatoms. The van der Waals surface area contributed by atoms with Crippen LogP contribution in [-0.2, 0) is 0 Å². The number of rotatable bonds is 2. The number of nitrogens with two attached hydrogens (primary N) is 2. The molecular weight excluding hydrogens is 138 g/mol. The van der Waals surface area contributed by atoms with Crippen LogP contribution in [0.15, 0.2) is 0 Å². The van der Waals surface area contributed by atoms with Gasteiger partial charge in [-0.25, -0.2) is 0 Å². The molecule has 0 aromatic carbocycles. The van der Waals surface area contributed by atoms with Crippen LogP contribution in [0.5, 0.6) is 0 Å². The minimum absolute atomic E-state index is 0.103. The lowest BCUT2D eigenvalue weighted by molar-refractivity contribution is 0.160. The number of hydrogen-bond acceptors (Lipinski definition) is 3. The number of nitrogens with zero attached hydrogens (tertiary/aromatic N) is 1. The molecule has 0 radical (unpaired) electrons. The van der Waals surface area contributed by atoms with Crippen LogP contribution in [0.2, 0.25) is 0 Å². The first-order chi connectivity index (χ1) is 5.20. The normalized spacial score (nSPS) is 34.1. The lowest BCUT2D eigenvalue weighted by Crippen LogP contribution is -2.58. The Kier molecular flexibility index (Phi) is 2.87. The molecule has 1 aliphatic rings. The standard InChI is InChI=1S/C8H19N3/c1-2-11-5-3-4-8(10,6-9)7-11/h2-7,9-10H2,1H3/t8-/m0/s1. The fourth-order valence-corrected chi connectivity index (χ4v) is 1.69. The Morgan fingerprint density at radius 2 is 2.27 bits per heavy atom. The first-order valence-electron chi connectivity index (χ1n) is 4.41. The third kappa shape index (κ3) is 2.15. The molecule has 11 heavy (non-hydrogen) atoms. The minimum atomic E-state index is -0.103. The monoisotopic (exact) mass is 157 g/mol. The van der Waals surface area contributed by atoms with E-state index < -0.39 is 0 Å². The zero-order chi connectivity index (χ0) is 8.32. The van der Waals surface area contributed by atoms with E-state index in [1.807, 2.05) is 0 Å². The van der Waals surface area contributed by atoms with Crippen molar-refractivity contribution in [1.29, 1.82) is 0 Å². The predicted molar refractivity (Wildman–Crippen MR) is 47.3 cm³/mol. The summed E-state index contributed by atoms with van der Waals surface area (Å²) in [6.45, 7) is 6.04. The van der Waals surface area contributed by atoms with Gasteiger partial charge in [-0.2, -0.15) is 0 Å². The van der Waals surface area contributed by atoms with E-state index in [2.05, 4.69) is 11.8 Å². The van der Waals surface area contributed by atoms with Crippen LogP contribution in [0, 0.1) is 0 Å². The molecule has 0 unspecified atom stereocenters. The summed E-state index contributed by atoms with van der Waals surface area (Å²) < 4.78 is 0. The number of piperidine rings is 1. The van der Waals surface area contributed by atoms with Crippen LogP contribution < -0.4 is 11.5 Å². The highest BCUT2D eigenvalue weighted by molar-refractivity contribution is 4.91. The van der Waals surface area contributed by atoms with E-state index in [0.717, 1.165) is 19.5 Å². The largest absolute Gasteiger partial charge is 0.329 e.